The third-order valence-corrected chi connectivity index (χ3v) is 2.48. The van der Waals surface area contributed by atoms with Gasteiger partial charge in [0.25, 0.3) is 6.08 Å². The molecule has 8 heteroatoms. The van der Waals surface area contributed by atoms with E-state index in [1.54, 1.807) is 18.2 Å². The fraction of sp³-hybridized carbons (Fsp3) is 0.182. The second kappa shape index (κ2) is 5.53. The van der Waals surface area contributed by atoms with Crippen LogP contribution in [0.15, 0.2) is 47.2 Å². The zero-order chi connectivity index (χ0) is 13.8. The highest BCUT2D eigenvalue weighted by molar-refractivity contribution is 5.20. The monoisotopic (exact) mass is 267 g/mol. The van der Waals surface area contributed by atoms with Gasteiger partial charge in [-0.2, -0.15) is 13.9 Å². The van der Waals surface area contributed by atoms with E-state index in [-0.39, 0.29) is 18.7 Å². The Labute approximate surface area is 106 Å². The number of hydrogen-bond acceptors (Lipinski definition) is 4. The van der Waals surface area contributed by atoms with E-state index in [1.807, 2.05) is 0 Å². The van der Waals surface area contributed by atoms with Crippen LogP contribution < -0.4 is 11.4 Å². The maximum Gasteiger partial charge on any atom is 0.351 e. The molecule has 2 rings (SSSR count). The third kappa shape index (κ3) is 2.74. The highest BCUT2D eigenvalue weighted by Gasteiger charge is 2.11. The molecule has 2 aromatic heterocycles. The van der Waals surface area contributed by atoms with Gasteiger partial charge in [-0.3, -0.25) is 0 Å². The average Bonchev–Trinajstić information content (AvgIpc) is 2.78. The Hall–Kier alpha value is -2.35. The van der Waals surface area contributed by atoms with E-state index in [1.165, 1.54) is 17.1 Å². The molecular formula is C11H11F2N5O. The summed E-state index contributed by atoms with van der Waals surface area (Å²) in [6.45, 7) is -0.664. The van der Waals surface area contributed by atoms with Gasteiger partial charge in [-0.25, -0.2) is 19.0 Å². The average molecular weight is 267 g/mol. The Morgan fingerprint density at radius 2 is 2.16 bits per heavy atom. The zero-order valence-electron chi connectivity index (χ0n) is 9.83. The molecule has 0 aliphatic carbocycles. The Morgan fingerprint density at radius 1 is 1.37 bits per heavy atom. The lowest BCUT2D eigenvalue weighted by Gasteiger charge is -2.02. The van der Waals surface area contributed by atoms with Gasteiger partial charge >= 0.3 is 5.69 Å². The lowest BCUT2D eigenvalue weighted by atomic mass is 10.3. The van der Waals surface area contributed by atoms with Crippen LogP contribution in [0.2, 0.25) is 0 Å². The smallest absolute Gasteiger partial charge is 0.327 e. The first-order valence-corrected chi connectivity index (χ1v) is 5.42. The van der Waals surface area contributed by atoms with Crippen molar-refractivity contribution in [2.45, 2.75) is 6.54 Å². The van der Waals surface area contributed by atoms with E-state index in [4.69, 9.17) is 5.73 Å². The number of hydrogen-bond donors (Lipinski definition) is 1. The highest BCUT2D eigenvalue weighted by Crippen LogP contribution is 2.07. The molecule has 2 heterocycles. The van der Waals surface area contributed by atoms with Crippen molar-refractivity contribution in [2.24, 2.45) is 5.73 Å². The van der Waals surface area contributed by atoms with Crippen LogP contribution in [0.1, 0.15) is 0 Å². The topological polar surface area (TPSA) is 78.7 Å². The number of aromatic nitrogens is 4. The van der Waals surface area contributed by atoms with Gasteiger partial charge in [0.15, 0.2) is 0 Å². The van der Waals surface area contributed by atoms with Crippen molar-refractivity contribution in [1.82, 2.24) is 19.3 Å². The lowest BCUT2D eigenvalue weighted by Crippen LogP contribution is -2.26. The van der Waals surface area contributed by atoms with E-state index in [0.717, 1.165) is 4.68 Å². The number of nitrogens with zero attached hydrogens (tertiary/aromatic N) is 4. The summed E-state index contributed by atoms with van der Waals surface area (Å²) in [7, 11) is 0. The molecule has 0 bridgehead atoms. The van der Waals surface area contributed by atoms with Gasteiger partial charge in [-0.15, -0.1) is 0 Å². The van der Waals surface area contributed by atoms with Crippen LogP contribution in [0, 0.1) is 0 Å². The summed E-state index contributed by atoms with van der Waals surface area (Å²) < 4.78 is 27.1. The number of rotatable bonds is 4. The maximum atomic E-state index is 12.5. The van der Waals surface area contributed by atoms with Gasteiger partial charge in [0.05, 0.1) is 6.54 Å². The Morgan fingerprint density at radius 3 is 2.74 bits per heavy atom. The van der Waals surface area contributed by atoms with Crippen LogP contribution in [-0.2, 0) is 6.54 Å². The molecule has 0 fully saturated rings. The minimum atomic E-state index is -1.89. The first kappa shape index (κ1) is 13.1. The van der Waals surface area contributed by atoms with Gasteiger partial charge < -0.3 is 5.73 Å². The minimum absolute atomic E-state index is 0.326. The molecule has 2 N–H and O–H groups in total. The van der Waals surface area contributed by atoms with Gasteiger partial charge in [0, 0.05) is 18.3 Å². The van der Waals surface area contributed by atoms with Crippen molar-refractivity contribution in [2.75, 3.05) is 6.54 Å². The van der Waals surface area contributed by atoms with E-state index >= 15 is 0 Å². The minimum Gasteiger partial charge on any atom is -0.327 e. The van der Waals surface area contributed by atoms with Crippen LogP contribution in [0.5, 0.6) is 0 Å². The normalized spacial score (nSPS) is 10.5. The van der Waals surface area contributed by atoms with Gasteiger partial charge in [-0.1, -0.05) is 6.07 Å². The molecule has 0 amide bonds. The summed E-state index contributed by atoms with van der Waals surface area (Å²) in [6, 6.07) is 5.02. The molecule has 0 unspecified atom stereocenters. The first-order chi connectivity index (χ1) is 9.13. The molecular weight excluding hydrogens is 256 g/mol. The lowest BCUT2D eigenvalue weighted by molar-refractivity contribution is 0.400. The van der Waals surface area contributed by atoms with E-state index in [0.29, 0.717) is 5.82 Å². The van der Waals surface area contributed by atoms with E-state index in [2.05, 4.69) is 10.1 Å². The standard InChI is InChI=1S/C11H11F2N5O/c12-10(13)8(5-14)6-18-11(19)17(7-16-18)9-3-1-2-4-15-9/h1-4,7H,5-6,14H2. The van der Waals surface area contributed by atoms with E-state index in [9.17, 15) is 13.6 Å². The summed E-state index contributed by atoms with van der Waals surface area (Å²) in [5.74, 6) is 0.373. The van der Waals surface area contributed by atoms with E-state index < -0.39 is 11.8 Å². The molecule has 0 aliphatic rings. The predicted octanol–water partition coefficient (Wildman–Crippen LogP) is 0.538. The fourth-order valence-corrected chi connectivity index (χ4v) is 1.48. The second-order valence-corrected chi connectivity index (χ2v) is 3.70. The van der Waals surface area contributed by atoms with Crippen LogP contribution in [0.4, 0.5) is 8.78 Å². The molecule has 19 heavy (non-hydrogen) atoms. The Balaban J connectivity index is 2.35. The molecule has 2 aromatic rings. The van der Waals surface area contributed by atoms with Gasteiger partial charge in [0.2, 0.25) is 0 Å². The van der Waals surface area contributed by atoms with Crippen molar-refractivity contribution >= 4 is 0 Å². The summed E-state index contributed by atoms with van der Waals surface area (Å²) in [5.41, 5.74) is 4.31. The summed E-state index contributed by atoms with van der Waals surface area (Å²) >= 11 is 0. The molecule has 0 atom stereocenters. The van der Waals surface area contributed by atoms with Crippen LogP contribution in [-0.4, -0.2) is 25.9 Å². The van der Waals surface area contributed by atoms with Crippen molar-refractivity contribution in [3.8, 4) is 5.82 Å². The van der Waals surface area contributed by atoms with Gasteiger partial charge in [-0.05, 0) is 12.1 Å². The second-order valence-electron chi connectivity index (χ2n) is 3.70. The quantitative estimate of drug-likeness (QED) is 0.876. The first-order valence-electron chi connectivity index (χ1n) is 5.42. The molecule has 100 valence electrons. The molecule has 6 nitrogen and oxygen atoms in total. The largest absolute Gasteiger partial charge is 0.351 e. The highest BCUT2D eigenvalue weighted by atomic mass is 19.3. The molecule has 0 radical (unpaired) electrons. The molecule has 0 spiro atoms. The number of nitrogens with two attached hydrogens (primary N) is 1. The van der Waals surface area contributed by atoms with Gasteiger partial charge in [0.1, 0.15) is 12.1 Å². The number of halogens is 2. The molecule has 0 saturated carbocycles. The SMILES string of the molecule is NCC(Cn1ncn(-c2ccccn2)c1=O)=C(F)F. The van der Waals surface area contributed by atoms with Crippen molar-refractivity contribution in [1.29, 1.82) is 0 Å². The summed E-state index contributed by atoms with van der Waals surface area (Å²) in [6.07, 6.45) is 0.863. The summed E-state index contributed by atoms with van der Waals surface area (Å²) in [5, 5.41) is 3.77. The summed E-state index contributed by atoms with van der Waals surface area (Å²) in [4.78, 5) is 15.9. The van der Waals surface area contributed by atoms with Crippen molar-refractivity contribution in [3.05, 3.63) is 52.9 Å². The molecule has 0 saturated heterocycles. The molecule has 0 aromatic carbocycles. The van der Waals surface area contributed by atoms with Crippen molar-refractivity contribution in [3.63, 3.8) is 0 Å². The fourth-order valence-electron chi connectivity index (χ4n) is 1.48. The third-order valence-electron chi connectivity index (χ3n) is 2.48. The number of pyridine rings is 1. The van der Waals surface area contributed by atoms with Crippen LogP contribution >= 0.6 is 0 Å². The van der Waals surface area contributed by atoms with Crippen molar-refractivity contribution < 1.29 is 8.78 Å². The molecule has 0 aliphatic heterocycles. The zero-order valence-corrected chi connectivity index (χ0v) is 9.83. The maximum absolute atomic E-state index is 12.5. The van der Waals surface area contributed by atoms with Crippen LogP contribution in [0.3, 0.4) is 0 Å². The Kier molecular flexibility index (Phi) is 3.81. The predicted molar refractivity (Wildman–Crippen MR) is 63.9 cm³/mol. The van der Waals surface area contributed by atoms with Crippen LogP contribution in [0.25, 0.3) is 5.82 Å². The Bertz CT molecular complexity index is 643.